The molecule has 0 bridgehead atoms. The summed E-state index contributed by atoms with van der Waals surface area (Å²) < 4.78 is 13.1. The summed E-state index contributed by atoms with van der Waals surface area (Å²) in [6.45, 7) is 6.13. The molecule has 0 saturated heterocycles. The number of carbonyl (C=O) groups excluding carboxylic acids is 1. The van der Waals surface area contributed by atoms with Crippen LogP contribution in [0.2, 0.25) is 0 Å². The van der Waals surface area contributed by atoms with Crippen molar-refractivity contribution in [2.75, 3.05) is 6.61 Å². The predicted octanol–water partition coefficient (Wildman–Crippen LogP) is 5.03. The molecule has 0 aliphatic carbocycles. The van der Waals surface area contributed by atoms with Gasteiger partial charge >= 0.3 is 0 Å². The Hall–Kier alpha value is -3.67. The van der Waals surface area contributed by atoms with E-state index in [1.807, 2.05) is 50.2 Å². The number of hydrogen-bond acceptors (Lipinski definition) is 5. The number of ether oxygens (including phenoxy) is 1. The zero-order valence-corrected chi connectivity index (χ0v) is 17.2. The van der Waals surface area contributed by atoms with Gasteiger partial charge in [0, 0.05) is 22.5 Å². The van der Waals surface area contributed by atoms with Crippen LogP contribution in [0, 0.1) is 13.8 Å². The highest BCUT2D eigenvalue weighted by molar-refractivity contribution is 5.98. The molecule has 6 nitrogen and oxygen atoms in total. The van der Waals surface area contributed by atoms with Crippen LogP contribution in [0.3, 0.4) is 0 Å². The first-order chi connectivity index (χ1) is 14.5. The molecule has 0 saturated carbocycles. The summed E-state index contributed by atoms with van der Waals surface area (Å²) in [5.74, 6) is 1.01. The topological polar surface area (TPSA) is 70.2 Å². The molecule has 2 aromatic carbocycles. The Kier molecular flexibility index (Phi) is 5.48. The lowest BCUT2D eigenvalue weighted by atomic mass is 10.1. The Morgan fingerprint density at radius 2 is 1.83 bits per heavy atom. The quantitative estimate of drug-likeness (QED) is 0.406. The van der Waals surface area contributed by atoms with E-state index in [1.54, 1.807) is 12.1 Å². The summed E-state index contributed by atoms with van der Waals surface area (Å²) >= 11 is 0. The maximum atomic E-state index is 12.8. The minimum absolute atomic E-state index is 0.0239. The van der Waals surface area contributed by atoms with E-state index in [4.69, 9.17) is 9.15 Å². The van der Waals surface area contributed by atoms with Crippen molar-refractivity contribution in [2.24, 2.45) is 0 Å². The van der Waals surface area contributed by atoms with E-state index >= 15 is 0 Å². The van der Waals surface area contributed by atoms with Crippen molar-refractivity contribution < 1.29 is 13.9 Å². The second-order valence-corrected chi connectivity index (χ2v) is 7.22. The van der Waals surface area contributed by atoms with Crippen LogP contribution in [0.4, 0.5) is 0 Å². The van der Waals surface area contributed by atoms with Gasteiger partial charge in [0.25, 0.3) is 0 Å². The number of carbonyl (C=O) groups is 1. The fourth-order valence-electron chi connectivity index (χ4n) is 3.76. The van der Waals surface area contributed by atoms with Gasteiger partial charge in [-0.2, -0.15) is 0 Å². The van der Waals surface area contributed by atoms with Crippen molar-refractivity contribution in [1.29, 1.82) is 0 Å². The minimum atomic E-state index is -0.0458. The van der Waals surface area contributed by atoms with Crippen LogP contribution in [0.25, 0.3) is 11.5 Å². The molecule has 0 radical (unpaired) electrons. The second kappa shape index (κ2) is 8.37. The van der Waals surface area contributed by atoms with Crippen molar-refractivity contribution in [1.82, 2.24) is 14.8 Å². The number of Topliss-reactive ketones (excluding diaryl/α,β-unsaturated/α-hetero) is 1. The van der Waals surface area contributed by atoms with E-state index in [2.05, 4.69) is 33.8 Å². The number of rotatable bonds is 7. The Morgan fingerprint density at radius 1 is 1.10 bits per heavy atom. The molecule has 0 fully saturated rings. The van der Waals surface area contributed by atoms with Crippen molar-refractivity contribution in [3.8, 4) is 17.2 Å². The lowest BCUT2D eigenvalue weighted by Gasteiger charge is -2.19. The largest absolute Gasteiger partial charge is 0.485 e. The molecule has 30 heavy (non-hydrogen) atoms. The highest BCUT2D eigenvalue weighted by Crippen LogP contribution is 2.26. The molecular weight excluding hydrogens is 378 g/mol. The molecule has 152 valence electrons. The molecule has 0 amide bonds. The molecule has 0 aliphatic rings. The monoisotopic (exact) mass is 401 g/mol. The van der Waals surface area contributed by atoms with Crippen LogP contribution in [0.1, 0.15) is 40.3 Å². The fourth-order valence-corrected chi connectivity index (χ4v) is 3.76. The zero-order valence-electron chi connectivity index (χ0n) is 17.2. The van der Waals surface area contributed by atoms with Crippen molar-refractivity contribution in [3.63, 3.8) is 0 Å². The highest BCUT2D eigenvalue weighted by atomic mass is 16.5. The summed E-state index contributed by atoms with van der Waals surface area (Å²) in [5, 5.41) is 7.54. The molecule has 0 unspecified atom stereocenters. The van der Waals surface area contributed by atoms with E-state index in [-0.39, 0.29) is 18.4 Å². The molecule has 2 aromatic heterocycles. The van der Waals surface area contributed by atoms with Gasteiger partial charge in [-0.05, 0) is 56.7 Å². The van der Waals surface area contributed by atoms with E-state index in [0.717, 1.165) is 17.0 Å². The second-order valence-electron chi connectivity index (χ2n) is 7.22. The normalized spacial score (nSPS) is 12.0. The lowest BCUT2D eigenvalue weighted by Crippen LogP contribution is -2.14. The van der Waals surface area contributed by atoms with E-state index in [1.165, 1.54) is 12.0 Å². The summed E-state index contributed by atoms with van der Waals surface area (Å²) in [6.07, 6.45) is 1.29. The molecule has 1 atom stereocenters. The van der Waals surface area contributed by atoms with Gasteiger partial charge in [-0.25, -0.2) is 0 Å². The van der Waals surface area contributed by atoms with E-state index in [9.17, 15) is 4.79 Å². The molecule has 0 N–H and O–H groups in total. The van der Waals surface area contributed by atoms with Crippen LogP contribution in [0.15, 0.2) is 71.5 Å². The third kappa shape index (κ3) is 3.89. The van der Waals surface area contributed by atoms with Gasteiger partial charge in [-0.15, -0.1) is 10.2 Å². The number of benzene rings is 2. The van der Waals surface area contributed by atoms with Gasteiger partial charge in [0.2, 0.25) is 18.1 Å². The smallest absolute Gasteiger partial charge is 0.247 e. The third-order valence-electron chi connectivity index (χ3n) is 5.29. The van der Waals surface area contributed by atoms with Crippen LogP contribution in [-0.2, 0) is 0 Å². The fraction of sp³-hybridized carbons (Fsp3) is 0.208. The highest BCUT2D eigenvalue weighted by Gasteiger charge is 2.20. The Morgan fingerprint density at radius 3 is 2.50 bits per heavy atom. The lowest BCUT2D eigenvalue weighted by molar-refractivity contribution is 0.0920. The van der Waals surface area contributed by atoms with Crippen LogP contribution < -0.4 is 4.74 Å². The Labute approximate surface area is 175 Å². The van der Waals surface area contributed by atoms with Crippen LogP contribution >= 0.6 is 0 Å². The maximum Gasteiger partial charge on any atom is 0.247 e. The summed E-state index contributed by atoms with van der Waals surface area (Å²) in [7, 11) is 0. The van der Waals surface area contributed by atoms with Crippen molar-refractivity contribution >= 4 is 5.78 Å². The molecule has 4 aromatic rings. The average Bonchev–Trinajstić information content (AvgIpc) is 3.41. The number of aryl methyl sites for hydroxylation is 1. The first-order valence-corrected chi connectivity index (χ1v) is 9.80. The van der Waals surface area contributed by atoms with Gasteiger partial charge in [0.05, 0.1) is 6.04 Å². The van der Waals surface area contributed by atoms with Gasteiger partial charge in [0.1, 0.15) is 5.75 Å². The SMILES string of the molecule is Cc1cc(C(=O)COc2ccc(-c3nnco3)cc2)c(C)n1[C@H](C)c1ccccc1. The number of aromatic nitrogens is 3. The zero-order chi connectivity index (χ0) is 21.1. The van der Waals surface area contributed by atoms with Gasteiger partial charge in [0.15, 0.2) is 6.61 Å². The molecule has 0 aliphatic heterocycles. The first-order valence-electron chi connectivity index (χ1n) is 9.80. The average molecular weight is 401 g/mol. The number of ketones is 1. The number of hydrogen-bond donors (Lipinski definition) is 0. The summed E-state index contributed by atoms with van der Waals surface area (Å²) in [5.41, 5.74) is 4.69. The predicted molar refractivity (Wildman–Crippen MR) is 114 cm³/mol. The van der Waals surface area contributed by atoms with Crippen molar-refractivity contribution in [3.05, 3.63) is 89.6 Å². The molecule has 4 rings (SSSR count). The summed E-state index contributed by atoms with van der Waals surface area (Å²) in [6, 6.07) is 19.6. The van der Waals surface area contributed by atoms with E-state index in [0.29, 0.717) is 17.2 Å². The Bertz CT molecular complexity index is 1130. The standard InChI is InChI=1S/C24H23N3O3/c1-16-13-22(18(3)27(16)17(2)19-7-5-4-6-8-19)23(28)14-29-21-11-9-20(10-12-21)24-26-25-15-30-24/h4-13,15,17H,14H2,1-3H3/t17-/m1/s1. The summed E-state index contributed by atoms with van der Waals surface area (Å²) in [4.78, 5) is 12.8. The van der Waals surface area contributed by atoms with Crippen LogP contribution in [-0.4, -0.2) is 27.2 Å². The maximum absolute atomic E-state index is 12.8. The third-order valence-corrected chi connectivity index (χ3v) is 5.29. The van der Waals surface area contributed by atoms with Gasteiger partial charge in [-0.1, -0.05) is 30.3 Å². The molecule has 0 spiro atoms. The van der Waals surface area contributed by atoms with Gasteiger partial charge < -0.3 is 13.7 Å². The number of nitrogens with zero attached hydrogens (tertiary/aromatic N) is 3. The van der Waals surface area contributed by atoms with Gasteiger partial charge in [-0.3, -0.25) is 4.79 Å². The molecule has 2 heterocycles. The van der Waals surface area contributed by atoms with Crippen LogP contribution in [0.5, 0.6) is 5.75 Å². The Balaban J connectivity index is 1.46. The van der Waals surface area contributed by atoms with E-state index < -0.39 is 0 Å². The molecule has 6 heteroatoms. The van der Waals surface area contributed by atoms with Crippen molar-refractivity contribution in [2.45, 2.75) is 26.8 Å². The minimum Gasteiger partial charge on any atom is -0.485 e. The first kappa shape index (κ1) is 19.6. The molecular formula is C24H23N3O3.